The monoisotopic (exact) mass is 315 g/mol. The van der Waals surface area contributed by atoms with Gasteiger partial charge in [-0.15, -0.1) is 0 Å². The third-order valence-electron chi connectivity index (χ3n) is 4.42. The molecule has 122 valence electrons. The molecule has 3 amide bonds. The summed E-state index contributed by atoms with van der Waals surface area (Å²) in [5.74, 6) is -0.372. The third-order valence-corrected chi connectivity index (χ3v) is 4.42. The van der Waals surface area contributed by atoms with Gasteiger partial charge >= 0.3 is 0 Å². The SMILES string of the molecule is CC(C)N1CC(C(=O)Nc2ccc3c(c2)CCC(=O)N3)CC1=O. The van der Waals surface area contributed by atoms with Crippen LogP contribution in [0, 0.1) is 5.92 Å². The molecule has 6 heteroatoms. The first-order chi connectivity index (χ1) is 10.9. The molecular formula is C17H21N3O3. The summed E-state index contributed by atoms with van der Waals surface area (Å²) in [5, 5.41) is 5.71. The molecule has 2 aliphatic rings. The first-order valence-corrected chi connectivity index (χ1v) is 7.97. The standard InChI is InChI=1S/C17H21N3O3/c1-10(2)20-9-12(8-16(20)22)17(23)18-13-4-5-14-11(7-13)3-6-15(21)19-14/h4-5,7,10,12H,3,6,8-9H2,1-2H3,(H,18,23)(H,19,21). The summed E-state index contributed by atoms with van der Waals surface area (Å²) in [7, 11) is 0. The lowest BCUT2D eigenvalue weighted by Gasteiger charge is -2.21. The Bertz CT molecular complexity index is 669. The number of anilines is 2. The van der Waals surface area contributed by atoms with E-state index >= 15 is 0 Å². The van der Waals surface area contributed by atoms with Gasteiger partial charge in [0.05, 0.1) is 5.92 Å². The minimum atomic E-state index is -0.305. The number of likely N-dealkylation sites (tertiary alicyclic amines) is 1. The number of aryl methyl sites for hydroxylation is 1. The molecule has 0 saturated carbocycles. The van der Waals surface area contributed by atoms with E-state index in [2.05, 4.69) is 10.6 Å². The molecule has 2 aliphatic heterocycles. The zero-order valence-electron chi connectivity index (χ0n) is 13.4. The Balaban J connectivity index is 1.67. The van der Waals surface area contributed by atoms with Gasteiger partial charge in [0.15, 0.2) is 0 Å². The van der Waals surface area contributed by atoms with E-state index in [1.54, 1.807) is 11.0 Å². The van der Waals surface area contributed by atoms with Crippen molar-refractivity contribution in [3.05, 3.63) is 23.8 Å². The van der Waals surface area contributed by atoms with Gasteiger partial charge in [-0.3, -0.25) is 14.4 Å². The van der Waals surface area contributed by atoms with Crippen LogP contribution in [0.15, 0.2) is 18.2 Å². The average Bonchev–Trinajstić information content (AvgIpc) is 2.90. The van der Waals surface area contributed by atoms with Crippen molar-refractivity contribution >= 4 is 29.1 Å². The number of fused-ring (bicyclic) bond motifs is 1. The fourth-order valence-electron chi connectivity index (χ4n) is 3.11. The van der Waals surface area contributed by atoms with Gasteiger partial charge in [0.1, 0.15) is 0 Å². The summed E-state index contributed by atoms with van der Waals surface area (Å²) in [6.45, 7) is 4.38. The van der Waals surface area contributed by atoms with Gasteiger partial charge in [-0.25, -0.2) is 0 Å². The van der Waals surface area contributed by atoms with E-state index in [1.165, 1.54) is 0 Å². The Morgan fingerprint density at radius 1 is 1.30 bits per heavy atom. The first-order valence-electron chi connectivity index (χ1n) is 7.97. The molecule has 1 atom stereocenters. The molecule has 1 aromatic carbocycles. The molecule has 1 unspecified atom stereocenters. The average molecular weight is 315 g/mol. The molecule has 1 saturated heterocycles. The molecule has 1 aromatic rings. The molecule has 0 aromatic heterocycles. The van der Waals surface area contributed by atoms with Crippen LogP contribution in [-0.2, 0) is 20.8 Å². The number of hydrogen-bond acceptors (Lipinski definition) is 3. The van der Waals surface area contributed by atoms with E-state index in [9.17, 15) is 14.4 Å². The molecule has 6 nitrogen and oxygen atoms in total. The Kier molecular flexibility index (Phi) is 4.07. The van der Waals surface area contributed by atoms with Gasteiger partial charge in [0.25, 0.3) is 0 Å². The van der Waals surface area contributed by atoms with Gasteiger partial charge < -0.3 is 15.5 Å². The fraction of sp³-hybridized carbons (Fsp3) is 0.471. The van der Waals surface area contributed by atoms with Crippen molar-refractivity contribution in [1.82, 2.24) is 4.90 Å². The Morgan fingerprint density at radius 2 is 2.09 bits per heavy atom. The second-order valence-electron chi connectivity index (χ2n) is 6.45. The van der Waals surface area contributed by atoms with Gasteiger partial charge in [-0.1, -0.05) is 0 Å². The normalized spacial score (nSPS) is 20.5. The lowest BCUT2D eigenvalue weighted by atomic mass is 10.0. The van der Waals surface area contributed by atoms with Crippen LogP contribution < -0.4 is 10.6 Å². The number of amides is 3. The molecule has 1 fully saturated rings. The second-order valence-corrected chi connectivity index (χ2v) is 6.45. The molecule has 23 heavy (non-hydrogen) atoms. The zero-order chi connectivity index (χ0) is 16.6. The van der Waals surface area contributed by atoms with Crippen molar-refractivity contribution < 1.29 is 14.4 Å². The smallest absolute Gasteiger partial charge is 0.229 e. The van der Waals surface area contributed by atoms with Crippen molar-refractivity contribution in [3.8, 4) is 0 Å². The third kappa shape index (κ3) is 3.21. The lowest BCUT2D eigenvalue weighted by Crippen LogP contribution is -2.33. The highest BCUT2D eigenvalue weighted by Crippen LogP contribution is 2.27. The van der Waals surface area contributed by atoms with Crippen molar-refractivity contribution in [1.29, 1.82) is 0 Å². The maximum absolute atomic E-state index is 12.4. The van der Waals surface area contributed by atoms with Crippen LogP contribution in [0.25, 0.3) is 0 Å². The summed E-state index contributed by atoms with van der Waals surface area (Å²) in [5.41, 5.74) is 2.54. The van der Waals surface area contributed by atoms with Crippen molar-refractivity contribution in [2.75, 3.05) is 17.2 Å². The van der Waals surface area contributed by atoms with E-state index in [0.29, 0.717) is 25.1 Å². The summed E-state index contributed by atoms with van der Waals surface area (Å²) in [6, 6.07) is 5.60. The predicted octanol–water partition coefficient (Wildman–Crippen LogP) is 1.77. The van der Waals surface area contributed by atoms with Gasteiger partial charge in [-0.05, 0) is 44.0 Å². The second kappa shape index (κ2) is 6.02. The number of benzene rings is 1. The maximum Gasteiger partial charge on any atom is 0.229 e. The molecule has 0 bridgehead atoms. The van der Waals surface area contributed by atoms with E-state index in [-0.39, 0.29) is 36.1 Å². The molecule has 0 aliphatic carbocycles. The van der Waals surface area contributed by atoms with Crippen molar-refractivity contribution in [2.24, 2.45) is 5.92 Å². The van der Waals surface area contributed by atoms with Gasteiger partial charge in [-0.2, -0.15) is 0 Å². The Morgan fingerprint density at radius 3 is 2.78 bits per heavy atom. The lowest BCUT2D eigenvalue weighted by molar-refractivity contribution is -0.129. The number of hydrogen-bond donors (Lipinski definition) is 2. The molecule has 3 rings (SSSR count). The first kappa shape index (κ1) is 15.5. The number of carbonyl (C=O) groups excluding carboxylic acids is 3. The topological polar surface area (TPSA) is 78.5 Å². The van der Waals surface area contributed by atoms with E-state index in [4.69, 9.17) is 0 Å². The molecule has 0 radical (unpaired) electrons. The number of nitrogens with one attached hydrogen (secondary N) is 2. The number of rotatable bonds is 3. The summed E-state index contributed by atoms with van der Waals surface area (Å²) in [4.78, 5) is 37.4. The molecule has 2 heterocycles. The molecular weight excluding hydrogens is 294 g/mol. The minimum Gasteiger partial charge on any atom is -0.339 e. The number of carbonyl (C=O) groups is 3. The van der Waals surface area contributed by atoms with Crippen LogP contribution in [-0.4, -0.2) is 35.2 Å². The summed E-state index contributed by atoms with van der Waals surface area (Å²) in [6.07, 6.45) is 1.41. The Hall–Kier alpha value is -2.37. The van der Waals surface area contributed by atoms with Crippen LogP contribution in [0.3, 0.4) is 0 Å². The van der Waals surface area contributed by atoms with Crippen LogP contribution >= 0.6 is 0 Å². The van der Waals surface area contributed by atoms with E-state index < -0.39 is 0 Å². The van der Waals surface area contributed by atoms with E-state index in [1.807, 2.05) is 26.0 Å². The minimum absolute atomic E-state index is 0.0209. The van der Waals surface area contributed by atoms with Crippen LogP contribution in [0.5, 0.6) is 0 Å². The Labute approximate surface area is 135 Å². The maximum atomic E-state index is 12.4. The van der Waals surface area contributed by atoms with Crippen LogP contribution in [0.4, 0.5) is 11.4 Å². The quantitative estimate of drug-likeness (QED) is 0.892. The summed E-state index contributed by atoms with van der Waals surface area (Å²) >= 11 is 0. The van der Waals surface area contributed by atoms with Crippen LogP contribution in [0.2, 0.25) is 0 Å². The molecule has 2 N–H and O–H groups in total. The number of nitrogens with zero attached hydrogens (tertiary/aromatic N) is 1. The largest absolute Gasteiger partial charge is 0.339 e. The van der Waals surface area contributed by atoms with Crippen molar-refractivity contribution in [3.63, 3.8) is 0 Å². The highest BCUT2D eigenvalue weighted by molar-refractivity contribution is 5.98. The predicted molar refractivity (Wildman–Crippen MR) is 87.0 cm³/mol. The van der Waals surface area contributed by atoms with Gasteiger partial charge in [0.2, 0.25) is 17.7 Å². The van der Waals surface area contributed by atoms with Gasteiger partial charge in [0, 0.05) is 36.8 Å². The fourth-order valence-corrected chi connectivity index (χ4v) is 3.11. The molecule has 0 spiro atoms. The highest BCUT2D eigenvalue weighted by atomic mass is 16.2. The van der Waals surface area contributed by atoms with Crippen molar-refractivity contribution in [2.45, 2.75) is 39.2 Å². The highest BCUT2D eigenvalue weighted by Gasteiger charge is 2.35. The summed E-state index contributed by atoms with van der Waals surface area (Å²) < 4.78 is 0. The van der Waals surface area contributed by atoms with E-state index in [0.717, 1.165) is 11.3 Å². The van der Waals surface area contributed by atoms with Crippen LogP contribution in [0.1, 0.15) is 32.3 Å². The zero-order valence-corrected chi connectivity index (χ0v) is 13.4.